The summed E-state index contributed by atoms with van der Waals surface area (Å²) < 4.78 is 25.3. The Hall–Kier alpha value is -1.01. The molecule has 1 heterocycles. The van der Waals surface area contributed by atoms with Gasteiger partial charge in [0.1, 0.15) is 6.61 Å². The van der Waals surface area contributed by atoms with Crippen molar-refractivity contribution in [3.05, 3.63) is 21.4 Å². The normalized spacial score (nSPS) is 11.6. The van der Waals surface area contributed by atoms with E-state index >= 15 is 0 Å². The van der Waals surface area contributed by atoms with Crippen LogP contribution < -0.4 is 5.32 Å². The average Bonchev–Trinajstić information content (AvgIpc) is 2.54. The Kier molecular flexibility index (Phi) is 3.98. The van der Waals surface area contributed by atoms with Crippen LogP contribution in [0, 0.1) is 13.8 Å². The molecular formula is C10H13F2NO2S. The number of amides is 1. The fourth-order valence-electron chi connectivity index (χ4n) is 1.22. The SMILES string of the molecule is Cc1cc(C(=O)NCC(F)(F)CO)c(C)s1. The van der Waals surface area contributed by atoms with Crippen LogP contribution in [-0.4, -0.2) is 30.1 Å². The second kappa shape index (κ2) is 4.88. The predicted octanol–water partition coefficient (Wildman–Crippen LogP) is 1.72. The van der Waals surface area contributed by atoms with E-state index in [-0.39, 0.29) is 0 Å². The zero-order valence-electron chi connectivity index (χ0n) is 9.01. The van der Waals surface area contributed by atoms with Crippen molar-refractivity contribution in [3.63, 3.8) is 0 Å². The van der Waals surface area contributed by atoms with Gasteiger partial charge in [0.05, 0.1) is 12.1 Å². The first-order valence-corrected chi connectivity index (χ1v) is 5.51. The molecule has 3 nitrogen and oxygen atoms in total. The van der Waals surface area contributed by atoms with Crippen LogP contribution >= 0.6 is 11.3 Å². The molecule has 0 saturated heterocycles. The van der Waals surface area contributed by atoms with E-state index in [1.807, 2.05) is 6.92 Å². The molecule has 90 valence electrons. The fourth-order valence-corrected chi connectivity index (χ4v) is 2.14. The van der Waals surface area contributed by atoms with Crippen molar-refractivity contribution < 1.29 is 18.7 Å². The van der Waals surface area contributed by atoms with Crippen molar-refractivity contribution in [1.82, 2.24) is 5.32 Å². The summed E-state index contributed by atoms with van der Waals surface area (Å²) in [7, 11) is 0. The number of halogens is 2. The van der Waals surface area contributed by atoms with E-state index in [0.29, 0.717) is 5.56 Å². The minimum absolute atomic E-state index is 0.413. The molecule has 0 aliphatic carbocycles. The van der Waals surface area contributed by atoms with Crippen molar-refractivity contribution in [2.24, 2.45) is 0 Å². The number of aliphatic hydroxyl groups excluding tert-OH is 1. The molecule has 0 spiro atoms. The molecule has 0 bridgehead atoms. The summed E-state index contributed by atoms with van der Waals surface area (Å²) in [6.07, 6.45) is 0. The highest BCUT2D eigenvalue weighted by molar-refractivity contribution is 7.12. The highest BCUT2D eigenvalue weighted by Gasteiger charge is 2.28. The third-order valence-electron chi connectivity index (χ3n) is 2.02. The van der Waals surface area contributed by atoms with Crippen LogP contribution in [-0.2, 0) is 0 Å². The van der Waals surface area contributed by atoms with Crippen molar-refractivity contribution in [2.45, 2.75) is 19.8 Å². The van der Waals surface area contributed by atoms with Gasteiger partial charge < -0.3 is 10.4 Å². The van der Waals surface area contributed by atoms with Gasteiger partial charge in [0.25, 0.3) is 11.8 Å². The van der Waals surface area contributed by atoms with E-state index in [2.05, 4.69) is 5.32 Å². The van der Waals surface area contributed by atoms with Gasteiger partial charge in [-0.3, -0.25) is 4.79 Å². The molecular weight excluding hydrogens is 236 g/mol. The topological polar surface area (TPSA) is 49.3 Å². The number of alkyl halides is 2. The summed E-state index contributed by atoms with van der Waals surface area (Å²) in [5.41, 5.74) is 0.413. The minimum Gasteiger partial charge on any atom is -0.390 e. The first kappa shape index (κ1) is 13.1. The van der Waals surface area contributed by atoms with Crippen LogP contribution in [0.5, 0.6) is 0 Å². The summed E-state index contributed by atoms with van der Waals surface area (Å²) in [6, 6.07) is 1.66. The van der Waals surface area contributed by atoms with Crippen LogP contribution in [0.1, 0.15) is 20.1 Å². The van der Waals surface area contributed by atoms with Crippen LogP contribution in [0.2, 0.25) is 0 Å². The molecule has 0 aliphatic rings. The van der Waals surface area contributed by atoms with E-state index in [4.69, 9.17) is 5.11 Å². The second-order valence-electron chi connectivity index (χ2n) is 3.52. The van der Waals surface area contributed by atoms with E-state index in [1.165, 1.54) is 11.3 Å². The van der Waals surface area contributed by atoms with E-state index in [9.17, 15) is 13.6 Å². The summed E-state index contributed by atoms with van der Waals surface area (Å²) in [5.74, 6) is -3.80. The van der Waals surface area contributed by atoms with Crippen molar-refractivity contribution in [2.75, 3.05) is 13.2 Å². The van der Waals surface area contributed by atoms with Gasteiger partial charge in [-0.25, -0.2) is 8.78 Å². The van der Waals surface area contributed by atoms with Crippen LogP contribution in [0.25, 0.3) is 0 Å². The van der Waals surface area contributed by atoms with Crippen molar-refractivity contribution >= 4 is 17.2 Å². The van der Waals surface area contributed by atoms with Crippen molar-refractivity contribution in [3.8, 4) is 0 Å². The van der Waals surface area contributed by atoms with Gasteiger partial charge >= 0.3 is 0 Å². The monoisotopic (exact) mass is 249 g/mol. The predicted molar refractivity (Wildman–Crippen MR) is 58.2 cm³/mol. The Labute approximate surface area is 96.1 Å². The molecule has 0 unspecified atom stereocenters. The smallest absolute Gasteiger partial charge is 0.287 e. The minimum atomic E-state index is -3.27. The Morgan fingerprint density at radius 1 is 1.56 bits per heavy atom. The molecule has 1 rings (SSSR count). The number of carbonyl (C=O) groups is 1. The van der Waals surface area contributed by atoms with Gasteiger partial charge in [-0.05, 0) is 19.9 Å². The first-order valence-electron chi connectivity index (χ1n) is 4.69. The van der Waals surface area contributed by atoms with Crippen molar-refractivity contribution in [1.29, 1.82) is 0 Å². The average molecular weight is 249 g/mol. The Morgan fingerprint density at radius 2 is 2.19 bits per heavy atom. The summed E-state index contributed by atoms with van der Waals surface area (Å²) in [6.45, 7) is 1.49. The van der Waals surface area contributed by atoms with Gasteiger partial charge in [0.2, 0.25) is 0 Å². The largest absolute Gasteiger partial charge is 0.390 e. The Bertz CT molecular complexity index is 390. The quantitative estimate of drug-likeness (QED) is 0.853. The lowest BCUT2D eigenvalue weighted by atomic mass is 10.2. The number of nitrogens with one attached hydrogen (secondary N) is 1. The third-order valence-corrected chi connectivity index (χ3v) is 2.99. The molecule has 0 radical (unpaired) electrons. The van der Waals surface area contributed by atoms with E-state index < -0.39 is 25.0 Å². The highest BCUT2D eigenvalue weighted by Crippen LogP contribution is 2.20. The maximum absolute atomic E-state index is 12.7. The molecule has 6 heteroatoms. The molecule has 0 aromatic carbocycles. The number of thiophene rings is 1. The molecule has 16 heavy (non-hydrogen) atoms. The lowest BCUT2D eigenvalue weighted by Gasteiger charge is -2.13. The highest BCUT2D eigenvalue weighted by atomic mass is 32.1. The molecule has 1 aromatic heterocycles. The van der Waals surface area contributed by atoms with Gasteiger partial charge in [0.15, 0.2) is 0 Å². The number of hydrogen-bond acceptors (Lipinski definition) is 3. The van der Waals surface area contributed by atoms with Gasteiger partial charge in [-0.2, -0.15) is 0 Å². The first-order chi connectivity index (χ1) is 7.35. The molecule has 0 atom stereocenters. The Morgan fingerprint density at radius 3 is 2.62 bits per heavy atom. The van der Waals surface area contributed by atoms with Gasteiger partial charge in [0, 0.05) is 9.75 Å². The number of aryl methyl sites for hydroxylation is 2. The molecule has 0 aliphatic heterocycles. The van der Waals surface area contributed by atoms with E-state index in [1.54, 1.807) is 13.0 Å². The fraction of sp³-hybridized carbons (Fsp3) is 0.500. The molecule has 1 aromatic rings. The standard InChI is InChI=1S/C10H13F2NO2S/c1-6-3-8(7(2)16-6)9(15)13-4-10(11,12)5-14/h3,14H,4-5H2,1-2H3,(H,13,15). The maximum Gasteiger partial charge on any atom is 0.287 e. The van der Waals surface area contributed by atoms with Gasteiger partial charge in [-0.1, -0.05) is 0 Å². The molecule has 1 amide bonds. The lowest BCUT2D eigenvalue weighted by Crippen LogP contribution is -2.39. The van der Waals surface area contributed by atoms with E-state index in [0.717, 1.165) is 9.75 Å². The number of aliphatic hydroxyl groups is 1. The summed E-state index contributed by atoms with van der Waals surface area (Å²) >= 11 is 1.44. The number of rotatable bonds is 4. The molecule has 0 fully saturated rings. The van der Waals surface area contributed by atoms with Crippen LogP contribution in [0.15, 0.2) is 6.07 Å². The maximum atomic E-state index is 12.7. The Balaban J connectivity index is 2.63. The van der Waals surface area contributed by atoms with Gasteiger partial charge in [-0.15, -0.1) is 11.3 Å². The van der Waals surface area contributed by atoms with Crippen LogP contribution in [0.4, 0.5) is 8.78 Å². The second-order valence-corrected chi connectivity index (χ2v) is 4.98. The molecule has 0 saturated carbocycles. The van der Waals surface area contributed by atoms with Crippen LogP contribution in [0.3, 0.4) is 0 Å². The zero-order chi connectivity index (χ0) is 12.3. The third kappa shape index (κ3) is 3.24. The number of hydrogen-bond donors (Lipinski definition) is 2. The number of carbonyl (C=O) groups excluding carboxylic acids is 1. The zero-order valence-corrected chi connectivity index (χ0v) is 9.83. The lowest BCUT2D eigenvalue weighted by molar-refractivity contribution is -0.0462. The summed E-state index contributed by atoms with van der Waals surface area (Å²) in [4.78, 5) is 13.3. The molecule has 2 N–H and O–H groups in total. The summed E-state index contributed by atoms with van der Waals surface area (Å²) in [5, 5.41) is 10.4.